The summed E-state index contributed by atoms with van der Waals surface area (Å²) in [6, 6.07) is 19.1. The summed E-state index contributed by atoms with van der Waals surface area (Å²) in [5.41, 5.74) is 10.8. The van der Waals surface area contributed by atoms with E-state index < -0.39 is 6.36 Å². The lowest BCUT2D eigenvalue weighted by molar-refractivity contribution is -0.274. The van der Waals surface area contributed by atoms with Crippen LogP contribution in [0.25, 0.3) is 28.2 Å². The van der Waals surface area contributed by atoms with Crippen LogP contribution in [0.15, 0.2) is 73.1 Å². The molecule has 0 amide bonds. The number of halogens is 3. The van der Waals surface area contributed by atoms with Crippen LogP contribution in [-0.2, 0) is 0 Å². The van der Waals surface area contributed by atoms with E-state index >= 15 is 0 Å². The molecule has 0 radical (unpaired) electrons. The number of rotatable bonds is 5. The number of aromatic nitrogens is 3. The van der Waals surface area contributed by atoms with Crippen LogP contribution in [0, 0.1) is 6.92 Å². The molecule has 0 unspecified atom stereocenters. The van der Waals surface area contributed by atoms with E-state index in [9.17, 15) is 13.2 Å². The van der Waals surface area contributed by atoms with Gasteiger partial charge in [0.25, 0.3) is 0 Å². The van der Waals surface area contributed by atoms with Crippen LogP contribution in [0.2, 0.25) is 0 Å². The number of anilines is 1. The van der Waals surface area contributed by atoms with E-state index in [1.165, 1.54) is 35.3 Å². The van der Waals surface area contributed by atoms with Crippen molar-refractivity contribution < 1.29 is 17.9 Å². The van der Waals surface area contributed by atoms with Crippen molar-refractivity contribution in [3.8, 4) is 34.0 Å². The van der Waals surface area contributed by atoms with Crippen molar-refractivity contribution in [3.05, 3.63) is 78.6 Å². The van der Waals surface area contributed by atoms with Crippen molar-refractivity contribution in [2.75, 3.05) is 5.32 Å². The van der Waals surface area contributed by atoms with E-state index in [-0.39, 0.29) is 10.9 Å². The fourth-order valence-electron chi connectivity index (χ4n) is 3.20. The molecule has 6 nitrogen and oxygen atoms in total. The Labute approximate surface area is 192 Å². The topological polar surface area (TPSA) is 78.0 Å². The van der Waals surface area contributed by atoms with Gasteiger partial charge in [-0.3, -0.25) is 0 Å². The van der Waals surface area contributed by atoms with Gasteiger partial charge in [-0.2, -0.15) is 0 Å². The second kappa shape index (κ2) is 8.91. The predicted molar refractivity (Wildman–Crippen MR) is 124 cm³/mol. The number of benzene rings is 3. The number of nitrogens with zero attached hydrogens (tertiary/aromatic N) is 3. The number of aryl methyl sites for hydroxylation is 1. The molecule has 1 aromatic heterocycles. The molecular weight excluding hydrogens is 451 g/mol. The molecule has 1 heterocycles. The van der Waals surface area contributed by atoms with Crippen LogP contribution >= 0.6 is 12.2 Å². The lowest BCUT2D eigenvalue weighted by atomic mass is 10.0. The summed E-state index contributed by atoms with van der Waals surface area (Å²) in [5.74, 6) is 0.182. The van der Waals surface area contributed by atoms with Gasteiger partial charge in [-0.25, -0.2) is 9.67 Å². The monoisotopic (exact) mass is 469 g/mol. The highest BCUT2D eigenvalue weighted by Gasteiger charge is 2.31. The third kappa shape index (κ3) is 5.47. The normalized spacial score (nSPS) is 11.3. The number of thiocarbonyl (C=S) groups is 1. The molecule has 4 rings (SSSR count). The summed E-state index contributed by atoms with van der Waals surface area (Å²) in [4.78, 5) is 4.31. The molecule has 0 spiro atoms. The Balaban J connectivity index is 1.52. The molecule has 0 fully saturated rings. The predicted octanol–water partition coefficient (Wildman–Crippen LogP) is 5.46. The number of ether oxygens (including phenoxy) is 1. The number of hydrogen-bond acceptors (Lipinski definition) is 4. The summed E-state index contributed by atoms with van der Waals surface area (Å²) in [6.45, 7) is 1.96. The number of hydrogen-bond donors (Lipinski definition) is 2. The maximum Gasteiger partial charge on any atom is 0.573 e. The van der Waals surface area contributed by atoms with Gasteiger partial charge in [0, 0.05) is 11.3 Å². The standard InChI is InChI=1S/C23H18F3N5OS/c1-14-2-3-17(12-20(14)29-22(27)33)15-4-6-16(7-5-15)21-28-13-31(30-21)18-8-10-19(11-9-18)32-23(24,25)26/h2-13H,1H3,(H3,27,29,33). The average Bonchev–Trinajstić information content (AvgIpc) is 3.25. The molecule has 168 valence electrons. The highest BCUT2D eigenvalue weighted by Crippen LogP contribution is 2.28. The third-order valence-corrected chi connectivity index (χ3v) is 4.90. The summed E-state index contributed by atoms with van der Waals surface area (Å²) >= 11 is 4.93. The quantitative estimate of drug-likeness (QED) is 0.378. The largest absolute Gasteiger partial charge is 0.573 e. The van der Waals surface area contributed by atoms with E-state index in [4.69, 9.17) is 18.0 Å². The summed E-state index contributed by atoms with van der Waals surface area (Å²) in [5, 5.41) is 7.60. The zero-order valence-electron chi connectivity index (χ0n) is 17.3. The van der Waals surface area contributed by atoms with Gasteiger partial charge in [-0.1, -0.05) is 36.4 Å². The fraction of sp³-hybridized carbons (Fsp3) is 0.0870. The van der Waals surface area contributed by atoms with E-state index in [2.05, 4.69) is 20.1 Å². The minimum absolute atomic E-state index is 0.203. The van der Waals surface area contributed by atoms with Crippen LogP contribution in [0.3, 0.4) is 0 Å². The first-order valence-electron chi connectivity index (χ1n) is 9.74. The molecule has 3 N–H and O–H groups in total. The van der Waals surface area contributed by atoms with Gasteiger partial charge in [0.2, 0.25) is 0 Å². The van der Waals surface area contributed by atoms with Gasteiger partial charge < -0.3 is 15.8 Å². The minimum Gasteiger partial charge on any atom is -0.406 e. The highest BCUT2D eigenvalue weighted by molar-refractivity contribution is 7.80. The molecule has 10 heteroatoms. The smallest absolute Gasteiger partial charge is 0.406 e. The number of nitrogens with one attached hydrogen (secondary N) is 1. The van der Waals surface area contributed by atoms with E-state index in [1.54, 1.807) is 0 Å². The summed E-state index contributed by atoms with van der Waals surface area (Å²) in [6.07, 6.45) is -3.24. The fourth-order valence-corrected chi connectivity index (χ4v) is 3.31. The molecule has 33 heavy (non-hydrogen) atoms. The molecule has 0 saturated carbocycles. The molecule has 0 saturated heterocycles. The maximum atomic E-state index is 12.3. The second-order valence-electron chi connectivity index (χ2n) is 7.15. The van der Waals surface area contributed by atoms with Crippen molar-refractivity contribution in [2.24, 2.45) is 5.73 Å². The van der Waals surface area contributed by atoms with Crippen LogP contribution in [0.1, 0.15) is 5.56 Å². The second-order valence-corrected chi connectivity index (χ2v) is 7.59. The molecule has 0 atom stereocenters. The molecule has 3 aromatic carbocycles. The first-order valence-corrected chi connectivity index (χ1v) is 10.1. The Morgan fingerprint density at radius 2 is 1.61 bits per heavy atom. The maximum absolute atomic E-state index is 12.3. The molecule has 0 bridgehead atoms. The van der Waals surface area contributed by atoms with Crippen LogP contribution in [0.4, 0.5) is 18.9 Å². The Kier molecular flexibility index (Phi) is 6.01. The molecule has 0 aliphatic rings. The van der Waals surface area contributed by atoms with Gasteiger partial charge in [-0.15, -0.1) is 18.3 Å². The number of alkyl halides is 3. The lowest BCUT2D eigenvalue weighted by Gasteiger charge is -2.10. The Hall–Kier alpha value is -3.92. The summed E-state index contributed by atoms with van der Waals surface area (Å²) < 4.78 is 42.3. The van der Waals surface area contributed by atoms with Crippen molar-refractivity contribution in [1.29, 1.82) is 0 Å². The van der Waals surface area contributed by atoms with Gasteiger partial charge in [-0.05, 0) is 66.2 Å². The average molecular weight is 469 g/mol. The Morgan fingerprint density at radius 1 is 0.970 bits per heavy atom. The van der Waals surface area contributed by atoms with E-state index in [1.807, 2.05) is 49.4 Å². The Bertz CT molecular complexity index is 1280. The Morgan fingerprint density at radius 3 is 2.24 bits per heavy atom. The molecule has 4 aromatic rings. The molecule has 0 aliphatic carbocycles. The first kappa shape index (κ1) is 22.3. The van der Waals surface area contributed by atoms with Crippen molar-refractivity contribution in [1.82, 2.24) is 14.8 Å². The molecular formula is C23H18F3N5OS. The van der Waals surface area contributed by atoms with Crippen LogP contribution in [0.5, 0.6) is 5.75 Å². The zero-order chi connectivity index (χ0) is 23.6. The lowest BCUT2D eigenvalue weighted by Crippen LogP contribution is -2.19. The van der Waals surface area contributed by atoms with Crippen molar-refractivity contribution >= 4 is 23.0 Å². The van der Waals surface area contributed by atoms with Crippen LogP contribution in [-0.4, -0.2) is 26.2 Å². The summed E-state index contributed by atoms with van der Waals surface area (Å²) in [7, 11) is 0. The highest BCUT2D eigenvalue weighted by atomic mass is 32.1. The first-order chi connectivity index (χ1) is 15.7. The van der Waals surface area contributed by atoms with Gasteiger partial charge in [0.15, 0.2) is 10.9 Å². The minimum atomic E-state index is -4.73. The van der Waals surface area contributed by atoms with Gasteiger partial charge >= 0.3 is 6.36 Å². The molecule has 0 aliphatic heterocycles. The third-order valence-electron chi connectivity index (χ3n) is 4.80. The van der Waals surface area contributed by atoms with Crippen molar-refractivity contribution in [3.63, 3.8) is 0 Å². The van der Waals surface area contributed by atoms with Gasteiger partial charge in [0.1, 0.15) is 12.1 Å². The number of nitrogens with two attached hydrogens (primary N) is 1. The van der Waals surface area contributed by atoms with Crippen LogP contribution < -0.4 is 15.8 Å². The zero-order valence-corrected chi connectivity index (χ0v) is 18.1. The van der Waals surface area contributed by atoms with E-state index in [0.717, 1.165) is 27.9 Å². The van der Waals surface area contributed by atoms with E-state index in [0.29, 0.717) is 11.5 Å². The van der Waals surface area contributed by atoms with Crippen molar-refractivity contribution in [2.45, 2.75) is 13.3 Å². The SMILES string of the molecule is Cc1ccc(-c2ccc(-c3ncn(-c4ccc(OC(F)(F)F)cc4)n3)cc2)cc1NC(N)=S. The van der Waals surface area contributed by atoms with Gasteiger partial charge in [0.05, 0.1) is 5.69 Å².